The van der Waals surface area contributed by atoms with Crippen LogP contribution in [0.4, 0.5) is 5.13 Å². The number of thiazole rings is 1. The number of nitrogens with one attached hydrogen (secondary N) is 2. The first-order chi connectivity index (χ1) is 13.1. The van der Waals surface area contributed by atoms with Gasteiger partial charge in [-0.2, -0.15) is 0 Å². The molecule has 0 unspecified atom stereocenters. The predicted octanol–water partition coefficient (Wildman–Crippen LogP) is 4.23. The Morgan fingerprint density at radius 3 is 2.96 bits per heavy atom. The molecule has 4 aromatic rings. The maximum atomic E-state index is 12.3. The summed E-state index contributed by atoms with van der Waals surface area (Å²) < 4.78 is 1.02. The highest BCUT2D eigenvalue weighted by atomic mass is 35.5. The number of H-pyrrole nitrogens is 1. The molecule has 1 amide bonds. The van der Waals surface area contributed by atoms with Gasteiger partial charge in [0.05, 0.1) is 16.3 Å². The number of aromatic amines is 1. The number of aromatic nitrogens is 2. The summed E-state index contributed by atoms with van der Waals surface area (Å²) in [5.41, 5.74) is 3.11. The number of benzene rings is 2. The van der Waals surface area contributed by atoms with Gasteiger partial charge in [0, 0.05) is 30.7 Å². The van der Waals surface area contributed by atoms with Gasteiger partial charge in [0.25, 0.3) is 0 Å². The molecular formula is C20H19ClN4OS. The second kappa shape index (κ2) is 7.58. The molecule has 0 aliphatic carbocycles. The molecular weight excluding hydrogens is 380 g/mol. The molecule has 0 bridgehead atoms. The first-order valence-electron chi connectivity index (χ1n) is 8.69. The lowest BCUT2D eigenvalue weighted by Gasteiger charge is -2.15. The van der Waals surface area contributed by atoms with E-state index in [4.69, 9.17) is 11.6 Å². The average molecular weight is 399 g/mol. The van der Waals surface area contributed by atoms with Crippen LogP contribution in [-0.2, 0) is 11.2 Å². The summed E-state index contributed by atoms with van der Waals surface area (Å²) in [6.07, 6.45) is 2.80. The minimum atomic E-state index is -0.0253. The number of halogens is 1. The third kappa shape index (κ3) is 3.77. The Bertz CT molecular complexity index is 1100. The average Bonchev–Trinajstić information content (AvgIpc) is 3.27. The van der Waals surface area contributed by atoms with Crippen molar-refractivity contribution >= 4 is 55.1 Å². The molecule has 5 nitrogen and oxygen atoms in total. The van der Waals surface area contributed by atoms with E-state index in [0.29, 0.717) is 11.6 Å². The number of amides is 1. The van der Waals surface area contributed by atoms with Crippen LogP contribution in [-0.4, -0.2) is 36.0 Å². The fourth-order valence-electron chi connectivity index (χ4n) is 3.08. The Kier molecular flexibility index (Phi) is 5.01. The van der Waals surface area contributed by atoms with E-state index in [2.05, 4.69) is 27.4 Å². The highest BCUT2D eigenvalue weighted by molar-refractivity contribution is 7.22. The summed E-state index contributed by atoms with van der Waals surface area (Å²) in [4.78, 5) is 21.9. The fraction of sp³-hybridized carbons (Fsp3) is 0.200. The summed E-state index contributed by atoms with van der Waals surface area (Å²) in [7, 11) is 1.87. The van der Waals surface area contributed by atoms with Gasteiger partial charge in [-0.1, -0.05) is 47.2 Å². The number of likely N-dealkylation sites (N-methyl/N-ethyl adjacent to an activating group) is 1. The summed E-state index contributed by atoms with van der Waals surface area (Å²) in [6, 6.07) is 13.9. The van der Waals surface area contributed by atoms with E-state index in [-0.39, 0.29) is 12.5 Å². The number of rotatable bonds is 6. The molecule has 2 heterocycles. The van der Waals surface area contributed by atoms with Crippen molar-refractivity contribution in [2.45, 2.75) is 6.42 Å². The zero-order valence-corrected chi connectivity index (χ0v) is 16.4. The second-order valence-electron chi connectivity index (χ2n) is 6.40. The first-order valence-corrected chi connectivity index (χ1v) is 9.89. The molecule has 0 aliphatic heterocycles. The Hall–Kier alpha value is -2.57. The predicted molar refractivity (Wildman–Crippen MR) is 113 cm³/mol. The van der Waals surface area contributed by atoms with Crippen LogP contribution in [0.5, 0.6) is 0 Å². The van der Waals surface area contributed by atoms with Crippen LogP contribution >= 0.6 is 22.9 Å². The number of hydrogen-bond acceptors (Lipinski definition) is 4. The Balaban J connectivity index is 1.34. The minimum absolute atomic E-state index is 0.0253. The number of carbonyl (C=O) groups excluding carboxylic acids is 1. The van der Waals surface area contributed by atoms with Crippen LogP contribution in [0.2, 0.25) is 5.02 Å². The molecule has 4 rings (SSSR count). The van der Waals surface area contributed by atoms with Gasteiger partial charge in [0.1, 0.15) is 5.52 Å². The van der Waals surface area contributed by atoms with Gasteiger partial charge >= 0.3 is 0 Å². The van der Waals surface area contributed by atoms with Crippen LogP contribution in [0.25, 0.3) is 21.1 Å². The van der Waals surface area contributed by atoms with Crippen molar-refractivity contribution in [3.05, 3.63) is 59.2 Å². The van der Waals surface area contributed by atoms with Crippen molar-refractivity contribution in [1.29, 1.82) is 0 Å². The zero-order chi connectivity index (χ0) is 18.8. The van der Waals surface area contributed by atoms with Crippen LogP contribution in [0.3, 0.4) is 0 Å². The number of carbonyl (C=O) groups is 1. The molecule has 0 spiro atoms. The van der Waals surface area contributed by atoms with E-state index in [1.807, 2.05) is 48.5 Å². The fourth-order valence-corrected chi connectivity index (χ4v) is 4.31. The molecule has 2 N–H and O–H groups in total. The van der Waals surface area contributed by atoms with Crippen molar-refractivity contribution in [3.63, 3.8) is 0 Å². The monoisotopic (exact) mass is 398 g/mol. The molecule has 0 saturated carbocycles. The van der Waals surface area contributed by atoms with Gasteiger partial charge < -0.3 is 15.2 Å². The topological polar surface area (TPSA) is 61.0 Å². The molecule has 27 heavy (non-hydrogen) atoms. The minimum Gasteiger partial charge on any atom is -0.361 e. The Morgan fingerprint density at radius 1 is 1.26 bits per heavy atom. The molecule has 0 atom stereocenters. The third-order valence-corrected chi connectivity index (χ3v) is 5.90. The molecule has 2 aromatic carbocycles. The lowest BCUT2D eigenvalue weighted by atomic mass is 10.1. The highest BCUT2D eigenvalue weighted by Crippen LogP contribution is 2.32. The SMILES string of the molecule is CN(CC(=O)NCCc1c[nH]c2ccccc12)c1nc2c(Cl)cccc2s1. The molecule has 0 radical (unpaired) electrons. The zero-order valence-electron chi connectivity index (χ0n) is 14.8. The Morgan fingerprint density at radius 2 is 2.11 bits per heavy atom. The molecule has 0 fully saturated rings. The normalized spacial score (nSPS) is 11.2. The summed E-state index contributed by atoms with van der Waals surface area (Å²) in [5, 5.41) is 5.61. The van der Waals surface area contributed by atoms with Crippen LogP contribution in [0.15, 0.2) is 48.7 Å². The second-order valence-corrected chi connectivity index (χ2v) is 7.81. The lowest BCUT2D eigenvalue weighted by molar-refractivity contribution is -0.119. The van der Waals surface area contributed by atoms with Gasteiger partial charge in [-0.25, -0.2) is 4.98 Å². The van der Waals surface area contributed by atoms with Crippen LogP contribution < -0.4 is 10.2 Å². The van der Waals surface area contributed by atoms with Crippen LogP contribution in [0.1, 0.15) is 5.56 Å². The van der Waals surface area contributed by atoms with Gasteiger partial charge in [0.15, 0.2) is 5.13 Å². The standard InChI is InChI=1S/C20H19ClN4OS/c1-25(20-24-19-15(21)6-4-8-17(19)27-20)12-18(26)22-10-9-13-11-23-16-7-3-2-5-14(13)16/h2-8,11,23H,9-10,12H2,1H3,(H,22,26). The van der Waals surface area contributed by atoms with Crippen molar-refractivity contribution in [3.8, 4) is 0 Å². The van der Waals surface area contributed by atoms with Gasteiger partial charge in [-0.05, 0) is 30.2 Å². The van der Waals surface area contributed by atoms with Crippen molar-refractivity contribution in [2.75, 3.05) is 25.0 Å². The third-order valence-electron chi connectivity index (χ3n) is 4.46. The van der Waals surface area contributed by atoms with E-state index >= 15 is 0 Å². The van der Waals surface area contributed by atoms with Gasteiger partial charge in [-0.3, -0.25) is 4.79 Å². The number of para-hydroxylation sites is 2. The largest absolute Gasteiger partial charge is 0.361 e. The molecule has 138 valence electrons. The van der Waals surface area contributed by atoms with E-state index in [0.717, 1.165) is 27.3 Å². The van der Waals surface area contributed by atoms with Gasteiger partial charge in [0.2, 0.25) is 5.91 Å². The quantitative estimate of drug-likeness (QED) is 0.511. The van der Waals surface area contributed by atoms with Crippen molar-refractivity contribution < 1.29 is 4.79 Å². The summed E-state index contributed by atoms with van der Waals surface area (Å²) in [5.74, 6) is -0.0253. The van der Waals surface area contributed by atoms with Crippen LogP contribution in [0, 0.1) is 0 Å². The number of hydrogen-bond donors (Lipinski definition) is 2. The summed E-state index contributed by atoms with van der Waals surface area (Å²) >= 11 is 7.71. The van der Waals surface area contributed by atoms with Crippen molar-refractivity contribution in [1.82, 2.24) is 15.3 Å². The Labute approximate surface area is 166 Å². The number of nitrogens with zero attached hydrogens (tertiary/aromatic N) is 2. The molecule has 2 aromatic heterocycles. The van der Waals surface area contributed by atoms with E-state index in [9.17, 15) is 4.79 Å². The maximum absolute atomic E-state index is 12.3. The molecule has 0 saturated heterocycles. The molecule has 7 heteroatoms. The van der Waals surface area contributed by atoms with E-state index < -0.39 is 0 Å². The van der Waals surface area contributed by atoms with Crippen molar-refractivity contribution in [2.24, 2.45) is 0 Å². The smallest absolute Gasteiger partial charge is 0.239 e. The van der Waals surface area contributed by atoms with Gasteiger partial charge in [-0.15, -0.1) is 0 Å². The van der Waals surface area contributed by atoms with E-state index in [1.54, 1.807) is 0 Å². The summed E-state index contributed by atoms with van der Waals surface area (Å²) in [6.45, 7) is 0.853. The lowest BCUT2D eigenvalue weighted by Crippen LogP contribution is -2.36. The van der Waals surface area contributed by atoms with E-state index in [1.165, 1.54) is 22.3 Å². The number of anilines is 1. The molecule has 0 aliphatic rings. The maximum Gasteiger partial charge on any atom is 0.239 e. The highest BCUT2D eigenvalue weighted by Gasteiger charge is 2.13. The number of fused-ring (bicyclic) bond motifs is 2. The first kappa shape index (κ1) is 17.8.